The Morgan fingerprint density at radius 3 is 2.92 bits per heavy atom. The first-order valence-electron chi connectivity index (χ1n) is 7.11. The number of aromatic nitrogens is 2. The van der Waals surface area contributed by atoms with E-state index in [1.54, 1.807) is 19.2 Å². The molecule has 1 aromatic carbocycles. The molecule has 4 N–H and O–H groups in total. The lowest BCUT2D eigenvalue weighted by atomic mass is 9.84. The van der Waals surface area contributed by atoms with Crippen molar-refractivity contribution in [1.82, 2.24) is 10.2 Å². The van der Waals surface area contributed by atoms with Crippen molar-refractivity contribution >= 4 is 0 Å². The average molecular weight is 328 g/mol. The molecule has 0 bridgehead atoms. The Morgan fingerprint density at radius 1 is 1.46 bits per heavy atom. The molecule has 8 nitrogen and oxygen atoms in total. The highest BCUT2D eigenvalue weighted by molar-refractivity contribution is 5.57. The molecule has 2 heterocycles. The Bertz CT molecular complexity index is 850. The standard InChI is InChI=1S/C16H16N4O4/c1-22-7-10-14-13(8-3-4-11(21)12(5-8)23-2)9(6-17)15(18)24-16(14)20-19-10/h3-5,13,21H,7,18H2,1-2H3,(H,19,20)/t13-/m1/s1. The predicted molar refractivity (Wildman–Crippen MR) is 83.3 cm³/mol. The number of nitriles is 1. The Morgan fingerprint density at radius 2 is 2.25 bits per heavy atom. The number of nitrogens with one attached hydrogen (secondary N) is 1. The van der Waals surface area contributed by atoms with Gasteiger partial charge in [0.15, 0.2) is 11.5 Å². The van der Waals surface area contributed by atoms with Crippen molar-refractivity contribution in [3.63, 3.8) is 0 Å². The summed E-state index contributed by atoms with van der Waals surface area (Å²) in [5.74, 6) is 0.103. The van der Waals surface area contributed by atoms with Crippen LogP contribution in [0.2, 0.25) is 0 Å². The Kier molecular flexibility index (Phi) is 4.02. The van der Waals surface area contributed by atoms with Crippen molar-refractivity contribution in [2.24, 2.45) is 5.73 Å². The summed E-state index contributed by atoms with van der Waals surface area (Å²) < 4.78 is 15.8. The molecule has 3 rings (SSSR count). The first-order valence-corrected chi connectivity index (χ1v) is 7.11. The van der Waals surface area contributed by atoms with E-state index in [4.69, 9.17) is 19.9 Å². The number of rotatable bonds is 4. The van der Waals surface area contributed by atoms with Crippen LogP contribution in [0.15, 0.2) is 29.7 Å². The van der Waals surface area contributed by atoms with Crippen LogP contribution in [-0.2, 0) is 11.3 Å². The summed E-state index contributed by atoms with van der Waals surface area (Å²) in [5, 5.41) is 26.3. The minimum absolute atomic E-state index is 0.00231. The number of hydrogen-bond acceptors (Lipinski definition) is 7. The van der Waals surface area contributed by atoms with Gasteiger partial charge in [-0.3, -0.25) is 5.10 Å². The highest BCUT2D eigenvalue weighted by Gasteiger charge is 2.35. The fourth-order valence-corrected chi connectivity index (χ4v) is 2.77. The van der Waals surface area contributed by atoms with Crippen molar-refractivity contribution in [3.8, 4) is 23.4 Å². The predicted octanol–water partition coefficient (Wildman–Crippen LogP) is 1.49. The number of fused-ring (bicyclic) bond motifs is 1. The average Bonchev–Trinajstić information content (AvgIpc) is 2.97. The van der Waals surface area contributed by atoms with Gasteiger partial charge >= 0.3 is 0 Å². The van der Waals surface area contributed by atoms with Gasteiger partial charge in [-0.1, -0.05) is 6.07 Å². The van der Waals surface area contributed by atoms with E-state index in [2.05, 4.69) is 16.3 Å². The first kappa shape index (κ1) is 15.7. The van der Waals surface area contributed by atoms with Crippen LogP contribution in [0.5, 0.6) is 17.4 Å². The second kappa shape index (κ2) is 6.14. The Balaban J connectivity index is 2.21. The molecule has 24 heavy (non-hydrogen) atoms. The number of methoxy groups -OCH3 is 2. The van der Waals surface area contributed by atoms with E-state index in [0.29, 0.717) is 28.5 Å². The maximum Gasteiger partial charge on any atom is 0.244 e. The van der Waals surface area contributed by atoms with Gasteiger partial charge in [-0.05, 0) is 17.7 Å². The number of hydrogen-bond donors (Lipinski definition) is 3. The highest BCUT2D eigenvalue weighted by atomic mass is 16.5. The van der Waals surface area contributed by atoms with Crippen molar-refractivity contribution in [2.45, 2.75) is 12.5 Å². The fourth-order valence-electron chi connectivity index (χ4n) is 2.77. The Labute approximate surface area is 138 Å². The number of H-pyrrole nitrogens is 1. The second-order valence-electron chi connectivity index (χ2n) is 5.21. The molecule has 124 valence electrons. The lowest BCUT2D eigenvalue weighted by Gasteiger charge is -2.24. The largest absolute Gasteiger partial charge is 0.504 e. The minimum atomic E-state index is -0.503. The van der Waals surface area contributed by atoms with E-state index in [0.717, 1.165) is 0 Å². The van der Waals surface area contributed by atoms with Gasteiger partial charge < -0.3 is 25.1 Å². The van der Waals surface area contributed by atoms with Crippen molar-refractivity contribution in [2.75, 3.05) is 14.2 Å². The molecule has 1 atom stereocenters. The van der Waals surface area contributed by atoms with Gasteiger partial charge in [0.25, 0.3) is 0 Å². The molecular formula is C16H16N4O4. The fraction of sp³-hybridized carbons (Fsp3) is 0.250. The van der Waals surface area contributed by atoms with Crippen molar-refractivity contribution in [3.05, 3.63) is 46.5 Å². The molecule has 0 fully saturated rings. The smallest absolute Gasteiger partial charge is 0.244 e. The van der Waals surface area contributed by atoms with Crippen molar-refractivity contribution in [1.29, 1.82) is 5.26 Å². The van der Waals surface area contributed by atoms with E-state index in [1.165, 1.54) is 13.2 Å². The summed E-state index contributed by atoms with van der Waals surface area (Å²) in [6.07, 6.45) is 0. The zero-order chi connectivity index (χ0) is 17.3. The molecule has 1 aliphatic heterocycles. The molecule has 0 saturated heterocycles. The van der Waals surface area contributed by atoms with Crippen LogP contribution < -0.4 is 15.2 Å². The van der Waals surface area contributed by atoms with Gasteiger partial charge in [0, 0.05) is 7.11 Å². The summed E-state index contributed by atoms with van der Waals surface area (Å²) >= 11 is 0. The third kappa shape index (κ3) is 2.41. The molecule has 0 radical (unpaired) electrons. The van der Waals surface area contributed by atoms with Gasteiger partial charge in [-0.15, -0.1) is 5.10 Å². The van der Waals surface area contributed by atoms with Crippen LogP contribution in [0, 0.1) is 11.3 Å². The SMILES string of the molecule is COCc1[nH]nc2c1[C@H](c1ccc(O)c(OC)c1)C(C#N)=C(N)O2. The molecule has 8 heteroatoms. The minimum Gasteiger partial charge on any atom is -0.504 e. The molecule has 0 spiro atoms. The summed E-state index contributed by atoms with van der Waals surface area (Å²) in [5.41, 5.74) is 8.22. The van der Waals surface area contributed by atoms with Gasteiger partial charge in [-0.2, -0.15) is 5.26 Å². The van der Waals surface area contributed by atoms with E-state index in [-0.39, 0.29) is 23.8 Å². The number of aromatic amines is 1. The Hall–Kier alpha value is -3.18. The quantitative estimate of drug-likeness (QED) is 0.776. The highest BCUT2D eigenvalue weighted by Crippen LogP contribution is 2.44. The van der Waals surface area contributed by atoms with E-state index >= 15 is 0 Å². The molecule has 0 aliphatic carbocycles. The molecule has 0 saturated carbocycles. The number of nitrogens with zero attached hydrogens (tertiary/aromatic N) is 2. The lowest BCUT2D eigenvalue weighted by Crippen LogP contribution is -2.21. The third-order valence-corrected chi connectivity index (χ3v) is 3.84. The monoisotopic (exact) mass is 328 g/mol. The maximum atomic E-state index is 9.81. The van der Waals surface area contributed by atoms with Gasteiger partial charge in [0.05, 0.1) is 30.9 Å². The van der Waals surface area contributed by atoms with E-state index < -0.39 is 5.92 Å². The summed E-state index contributed by atoms with van der Waals surface area (Å²) in [6.45, 7) is 0.274. The topological polar surface area (TPSA) is 126 Å². The van der Waals surface area contributed by atoms with E-state index in [9.17, 15) is 10.4 Å². The molecule has 1 aromatic heterocycles. The number of phenols is 1. The maximum absolute atomic E-state index is 9.81. The summed E-state index contributed by atoms with van der Waals surface area (Å²) in [4.78, 5) is 0. The number of phenolic OH excluding ortho intramolecular Hbond substituents is 1. The molecular weight excluding hydrogens is 312 g/mol. The van der Waals surface area contributed by atoms with Gasteiger partial charge in [0.1, 0.15) is 11.6 Å². The zero-order valence-corrected chi connectivity index (χ0v) is 13.2. The van der Waals surface area contributed by atoms with Crippen LogP contribution in [0.3, 0.4) is 0 Å². The number of aromatic hydroxyl groups is 1. The van der Waals surface area contributed by atoms with Crippen LogP contribution in [0.1, 0.15) is 22.7 Å². The van der Waals surface area contributed by atoms with Crippen LogP contribution >= 0.6 is 0 Å². The summed E-state index contributed by atoms with van der Waals surface area (Å²) in [6, 6.07) is 6.96. The number of nitrogens with two attached hydrogens (primary N) is 1. The van der Waals surface area contributed by atoms with Crippen LogP contribution in [0.4, 0.5) is 0 Å². The van der Waals surface area contributed by atoms with Gasteiger partial charge in [-0.25, -0.2) is 0 Å². The van der Waals surface area contributed by atoms with E-state index in [1.807, 2.05) is 0 Å². The third-order valence-electron chi connectivity index (χ3n) is 3.84. The van der Waals surface area contributed by atoms with Crippen LogP contribution in [-0.4, -0.2) is 29.5 Å². The van der Waals surface area contributed by atoms with Crippen LogP contribution in [0.25, 0.3) is 0 Å². The molecule has 1 aliphatic rings. The molecule has 0 unspecified atom stereocenters. The summed E-state index contributed by atoms with van der Waals surface area (Å²) in [7, 11) is 3.02. The molecule has 2 aromatic rings. The lowest BCUT2D eigenvalue weighted by molar-refractivity contribution is 0.180. The first-order chi connectivity index (χ1) is 11.6. The number of allylic oxidation sites excluding steroid dienone is 1. The second-order valence-corrected chi connectivity index (χ2v) is 5.21. The van der Waals surface area contributed by atoms with Crippen molar-refractivity contribution < 1.29 is 19.3 Å². The molecule has 0 amide bonds. The number of ether oxygens (including phenoxy) is 3. The number of benzene rings is 1. The normalized spacial score (nSPS) is 16.3. The zero-order valence-electron chi connectivity index (χ0n) is 13.2. The van der Waals surface area contributed by atoms with Gasteiger partial charge in [0.2, 0.25) is 11.8 Å².